The largest absolute Gasteiger partial charge is 0.296 e. The molecule has 0 radical (unpaired) electrons. The van der Waals surface area contributed by atoms with Crippen LogP contribution in [0.3, 0.4) is 0 Å². The standard InChI is InChI=1S/C11H11N3OS/c1-16-11-12-7-10(8-15)14(11)13-9-5-3-2-4-6-9/h2-8,13H,1H3. The SMILES string of the molecule is CSc1ncc(C=O)n1Nc1ccccc1. The first-order chi connectivity index (χ1) is 7.85. The maximum absolute atomic E-state index is 10.8. The Hall–Kier alpha value is -1.75. The second-order valence-electron chi connectivity index (χ2n) is 3.10. The number of thioether (sulfide) groups is 1. The van der Waals surface area contributed by atoms with Crippen LogP contribution in [0.1, 0.15) is 10.5 Å². The molecule has 0 unspecified atom stereocenters. The van der Waals surface area contributed by atoms with Gasteiger partial charge in [0.25, 0.3) is 0 Å². The molecule has 0 atom stereocenters. The third-order valence-corrected chi connectivity index (χ3v) is 2.73. The lowest BCUT2D eigenvalue weighted by molar-refractivity contribution is 0.111. The quantitative estimate of drug-likeness (QED) is 0.650. The number of imidazole rings is 1. The Morgan fingerprint density at radius 3 is 2.75 bits per heavy atom. The van der Waals surface area contributed by atoms with Crippen LogP contribution in [0.4, 0.5) is 5.69 Å². The summed E-state index contributed by atoms with van der Waals surface area (Å²) < 4.78 is 1.67. The molecule has 0 bridgehead atoms. The fourth-order valence-corrected chi connectivity index (χ4v) is 1.82. The van der Waals surface area contributed by atoms with E-state index in [-0.39, 0.29) is 0 Å². The number of aldehydes is 1. The summed E-state index contributed by atoms with van der Waals surface area (Å²) in [6, 6.07) is 9.66. The molecule has 1 aromatic heterocycles. The lowest BCUT2D eigenvalue weighted by Gasteiger charge is -2.10. The van der Waals surface area contributed by atoms with E-state index in [1.54, 1.807) is 10.9 Å². The second-order valence-corrected chi connectivity index (χ2v) is 3.87. The molecule has 4 nitrogen and oxygen atoms in total. The summed E-state index contributed by atoms with van der Waals surface area (Å²) in [6.07, 6.45) is 4.25. The summed E-state index contributed by atoms with van der Waals surface area (Å²) in [5, 5.41) is 0.756. The van der Waals surface area contributed by atoms with Gasteiger partial charge in [-0.05, 0) is 18.4 Å². The monoisotopic (exact) mass is 233 g/mol. The number of rotatable bonds is 4. The van der Waals surface area contributed by atoms with Crippen LogP contribution in [-0.4, -0.2) is 22.2 Å². The number of benzene rings is 1. The molecule has 0 aliphatic heterocycles. The average molecular weight is 233 g/mol. The Bertz CT molecular complexity index is 481. The molecule has 0 amide bonds. The van der Waals surface area contributed by atoms with Gasteiger partial charge in [0.15, 0.2) is 11.4 Å². The zero-order valence-corrected chi connectivity index (χ0v) is 9.57. The zero-order valence-electron chi connectivity index (χ0n) is 8.75. The van der Waals surface area contributed by atoms with Gasteiger partial charge in [0.1, 0.15) is 5.69 Å². The maximum atomic E-state index is 10.8. The highest BCUT2D eigenvalue weighted by Crippen LogP contribution is 2.16. The van der Waals surface area contributed by atoms with Crippen molar-refractivity contribution in [2.45, 2.75) is 5.16 Å². The van der Waals surface area contributed by atoms with E-state index in [0.717, 1.165) is 17.1 Å². The van der Waals surface area contributed by atoms with Crippen LogP contribution in [0.2, 0.25) is 0 Å². The van der Waals surface area contributed by atoms with Gasteiger partial charge in [-0.25, -0.2) is 9.66 Å². The Labute approximate surface area is 97.7 Å². The van der Waals surface area contributed by atoms with Crippen LogP contribution in [0, 0.1) is 0 Å². The van der Waals surface area contributed by atoms with Crippen LogP contribution in [0.5, 0.6) is 0 Å². The fourth-order valence-electron chi connectivity index (χ4n) is 1.33. The van der Waals surface area contributed by atoms with E-state index in [4.69, 9.17) is 0 Å². The number of para-hydroxylation sites is 1. The number of nitrogens with one attached hydrogen (secondary N) is 1. The Morgan fingerprint density at radius 2 is 2.12 bits per heavy atom. The van der Waals surface area contributed by atoms with Gasteiger partial charge >= 0.3 is 0 Å². The molecule has 0 aliphatic carbocycles. The van der Waals surface area contributed by atoms with E-state index >= 15 is 0 Å². The summed E-state index contributed by atoms with van der Waals surface area (Å²) in [7, 11) is 0. The first kappa shape index (κ1) is 10.8. The molecule has 16 heavy (non-hydrogen) atoms. The maximum Gasteiger partial charge on any atom is 0.187 e. The molecule has 0 saturated heterocycles. The third-order valence-electron chi connectivity index (χ3n) is 2.07. The Morgan fingerprint density at radius 1 is 1.38 bits per heavy atom. The van der Waals surface area contributed by atoms with Crippen molar-refractivity contribution in [3.05, 3.63) is 42.2 Å². The molecule has 82 valence electrons. The number of nitrogens with zero attached hydrogens (tertiary/aromatic N) is 2. The van der Waals surface area contributed by atoms with Crippen molar-refractivity contribution in [1.82, 2.24) is 9.66 Å². The molecule has 1 aromatic carbocycles. The van der Waals surface area contributed by atoms with Crippen LogP contribution in [-0.2, 0) is 0 Å². The molecule has 0 saturated carbocycles. The molecular formula is C11H11N3OS. The van der Waals surface area contributed by atoms with Crippen molar-refractivity contribution in [3.8, 4) is 0 Å². The molecule has 0 fully saturated rings. The first-order valence-electron chi connectivity index (χ1n) is 4.74. The molecule has 0 aliphatic rings. The summed E-state index contributed by atoms with van der Waals surface area (Å²) in [6.45, 7) is 0. The highest BCUT2D eigenvalue weighted by Gasteiger charge is 2.07. The fraction of sp³-hybridized carbons (Fsp3) is 0.0909. The molecular weight excluding hydrogens is 222 g/mol. The Kier molecular flexibility index (Phi) is 3.26. The number of carbonyl (C=O) groups excluding carboxylic acids is 1. The number of carbonyl (C=O) groups is 1. The van der Waals surface area contributed by atoms with Gasteiger partial charge in [-0.1, -0.05) is 30.0 Å². The van der Waals surface area contributed by atoms with Gasteiger partial charge in [-0.2, -0.15) is 0 Å². The molecule has 0 spiro atoms. The highest BCUT2D eigenvalue weighted by molar-refractivity contribution is 7.98. The number of aromatic nitrogens is 2. The smallest absolute Gasteiger partial charge is 0.187 e. The molecule has 2 aromatic rings. The molecule has 5 heteroatoms. The number of hydrogen-bond donors (Lipinski definition) is 1. The van der Waals surface area contributed by atoms with E-state index in [1.807, 2.05) is 36.6 Å². The lowest BCUT2D eigenvalue weighted by atomic mass is 10.3. The van der Waals surface area contributed by atoms with Gasteiger partial charge < -0.3 is 0 Å². The van der Waals surface area contributed by atoms with Crippen molar-refractivity contribution in [2.75, 3.05) is 11.7 Å². The van der Waals surface area contributed by atoms with Crippen LogP contribution >= 0.6 is 11.8 Å². The third kappa shape index (κ3) is 2.09. The minimum absolute atomic E-state index is 0.508. The molecule has 1 N–H and O–H groups in total. The van der Waals surface area contributed by atoms with Gasteiger partial charge in [-0.15, -0.1) is 0 Å². The normalized spacial score (nSPS) is 10.1. The molecule has 2 rings (SSSR count). The van der Waals surface area contributed by atoms with Crippen molar-refractivity contribution in [3.63, 3.8) is 0 Å². The lowest BCUT2D eigenvalue weighted by Crippen LogP contribution is -2.13. The van der Waals surface area contributed by atoms with E-state index in [0.29, 0.717) is 5.69 Å². The zero-order chi connectivity index (χ0) is 11.4. The number of anilines is 1. The van der Waals surface area contributed by atoms with Gasteiger partial charge in [-0.3, -0.25) is 10.2 Å². The summed E-state index contributed by atoms with van der Waals surface area (Å²) in [4.78, 5) is 15.0. The highest BCUT2D eigenvalue weighted by atomic mass is 32.2. The second kappa shape index (κ2) is 4.85. The summed E-state index contributed by atoms with van der Waals surface area (Å²) in [5.74, 6) is 0. The van der Waals surface area contributed by atoms with E-state index in [1.165, 1.54) is 11.8 Å². The minimum Gasteiger partial charge on any atom is -0.296 e. The van der Waals surface area contributed by atoms with Crippen molar-refractivity contribution in [1.29, 1.82) is 0 Å². The predicted molar refractivity (Wildman–Crippen MR) is 64.9 cm³/mol. The van der Waals surface area contributed by atoms with Crippen molar-refractivity contribution in [2.24, 2.45) is 0 Å². The average Bonchev–Trinajstić information content (AvgIpc) is 2.72. The number of hydrogen-bond acceptors (Lipinski definition) is 4. The van der Waals surface area contributed by atoms with Gasteiger partial charge in [0, 0.05) is 0 Å². The van der Waals surface area contributed by atoms with E-state index < -0.39 is 0 Å². The first-order valence-corrected chi connectivity index (χ1v) is 5.96. The van der Waals surface area contributed by atoms with E-state index in [2.05, 4.69) is 10.4 Å². The van der Waals surface area contributed by atoms with E-state index in [9.17, 15) is 4.79 Å². The van der Waals surface area contributed by atoms with Gasteiger partial charge in [0.05, 0.1) is 11.9 Å². The summed E-state index contributed by atoms with van der Waals surface area (Å²) in [5.41, 5.74) is 4.55. The molecule has 1 heterocycles. The minimum atomic E-state index is 0.508. The Balaban J connectivity index is 2.33. The van der Waals surface area contributed by atoms with Crippen LogP contribution in [0.15, 0.2) is 41.7 Å². The van der Waals surface area contributed by atoms with Crippen LogP contribution in [0.25, 0.3) is 0 Å². The topological polar surface area (TPSA) is 46.9 Å². The van der Waals surface area contributed by atoms with Crippen molar-refractivity contribution < 1.29 is 4.79 Å². The predicted octanol–water partition coefficient (Wildman–Crippen LogP) is 2.29. The summed E-state index contributed by atoms with van der Waals surface area (Å²) >= 11 is 1.48. The van der Waals surface area contributed by atoms with Crippen LogP contribution < -0.4 is 5.43 Å². The van der Waals surface area contributed by atoms with Gasteiger partial charge in [0.2, 0.25) is 0 Å². The van der Waals surface area contributed by atoms with Crippen molar-refractivity contribution >= 4 is 23.7 Å².